The summed E-state index contributed by atoms with van der Waals surface area (Å²) >= 11 is 0. The Bertz CT molecular complexity index is 528. The van der Waals surface area contributed by atoms with Crippen molar-refractivity contribution < 1.29 is 22.7 Å². The van der Waals surface area contributed by atoms with Crippen molar-refractivity contribution in [3.63, 3.8) is 0 Å². The first-order valence-electron chi connectivity index (χ1n) is 6.87. The van der Waals surface area contributed by atoms with Crippen molar-refractivity contribution in [3.05, 3.63) is 34.9 Å². The third-order valence-electron chi connectivity index (χ3n) is 3.87. The number of benzene rings is 1. The maximum Gasteiger partial charge on any atom is 0.416 e. The van der Waals surface area contributed by atoms with Crippen LogP contribution < -0.4 is 0 Å². The third kappa shape index (κ3) is 3.31. The van der Waals surface area contributed by atoms with E-state index in [2.05, 4.69) is 0 Å². The Balaban J connectivity index is 2.33. The van der Waals surface area contributed by atoms with E-state index in [1.807, 2.05) is 0 Å². The quantitative estimate of drug-likeness (QED) is 0.773. The van der Waals surface area contributed by atoms with Crippen LogP contribution in [0.2, 0.25) is 0 Å². The summed E-state index contributed by atoms with van der Waals surface area (Å²) in [5.74, 6) is 0. The summed E-state index contributed by atoms with van der Waals surface area (Å²) in [5.41, 5.74) is 0.642. The van der Waals surface area contributed by atoms with E-state index >= 15 is 0 Å². The predicted octanol–water partition coefficient (Wildman–Crippen LogP) is 4.31. The van der Waals surface area contributed by atoms with Crippen molar-refractivity contribution in [1.82, 2.24) is 4.90 Å². The molecule has 0 spiro atoms. The van der Waals surface area contributed by atoms with Gasteiger partial charge in [0.1, 0.15) is 0 Å². The van der Waals surface area contributed by atoms with Gasteiger partial charge in [-0.2, -0.15) is 13.2 Å². The Kier molecular flexibility index (Phi) is 4.44. The lowest BCUT2D eigenvalue weighted by atomic mass is 9.91. The molecule has 2 rings (SSSR count). The van der Waals surface area contributed by atoms with Crippen molar-refractivity contribution in [3.8, 4) is 0 Å². The average molecular weight is 301 g/mol. The molecule has 116 valence electrons. The van der Waals surface area contributed by atoms with E-state index in [4.69, 9.17) is 4.74 Å². The number of halogens is 3. The normalized spacial score (nSPS) is 19.5. The Morgan fingerprint density at radius 3 is 2.62 bits per heavy atom. The van der Waals surface area contributed by atoms with Gasteiger partial charge < -0.3 is 9.64 Å². The zero-order chi connectivity index (χ0) is 15.6. The minimum atomic E-state index is -4.35. The summed E-state index contributed by atoms with van der Waals surface area (Å²) in [6, 6.07) is 3.48. The molecule has 1 aromatic carbocycles. The molecule has 21 heavy (non-hydrogen) atoms. The second kappa shape index (κ2) is 5.95. The van der Waals surface area contributed by atoms with E-state index in [0.29, 0.717) is 12.1 Å². The summed E-state index contributed by atoms with van der Waals surface area (Å²) in [6.45, 7) is 2.21. The van der Waals surface area contributed by atoms with E-state index in [9.17, 15) is 18.0 Å². The van der Waals surface area contributed by atoms with E-state index in [1.54, 1.807) is 11.8 Å². The molecular formula is C15H18F3NO2. The van der Waals surface area contributed by atoms with Gasteiger partial charge in [-0.15, -0.1) is 0 Å². The molecule has 1 fully saturated rings. The molecule has 0 aromatic heterocycles. The number of alkyl halides is 3. The van der Waals surface area contributed by atoms with Crippen LogP contribution >= 0.6 is 0 Å². The van der Waals surface area contributed by atoms with Crippen LogP contribution in [0.25, 0.3) is 0 Å². The highest BCUT2D eigenvalue weighted by Gasteiger charge is 2.33. The van der Waals surface area contributed by atoms with Crippen molar-refractivity contribution in [2.24, 2.45) is 0 Å². The molecule has 1 unspecified atom stereocenters. The van der Waals surface area contributed by atoms with Gasteiger partial charge in [0, 0.05) is 6.54 Å². The van der Waals surface area contributed by atoms with Crippen LogP contribution in [0.3, 0.4) is 0 Å². The van der Waals surface area contributed by atoms with E-state index in [-0.39, 0.29) is 6.04 Å². The van der Waals surface area contributed by atoms with Gasteiger partial charge in [-0.1, -0.05) is 6.07 Å². The van der Waals surface area contributed by atoms with Gasteiger partial charge in [0.2, 0.25) is 0 Å². The molecule has 1 aliphatic rings. The average Bonchev–Trinajstić information content (AvgIpc) is 2.45. The number of carbonyl (C=O) groups excluding carboxylic acids is 1. The number of piperidine rings is 1. The third-order valence-corrected chi connectivity index (χ3v) is 3.87. The maximum absolute atomic E-state index is 12.7. The van der Waals surface area contributed by atoms with Gasteiger partial charge in [-0.25, -0.2) is 4.79 Å². The lowest BCUT2D eigenvalue weighted by molar-refractivity contribution is -0.137. The highest BCUT2D eigenvalue weighted by Crippen LogP contribution is 2.36. The summed E-state index contributed by atoms with van der Waals surface area (Å²) in [7, 11) is 1.31. The SMILES string of the molecule is COC(=O)N1CCCCC1c1ccc(C(F)(F)F)cc1C. The van der Waals surface area contributed by atoms with E-state index < -0.39 is 17.8 Å². The van der Waals surface area contributed by atoms with Gasteiger partial charge in [-0.05, 0) is 49.4 Å². The van der Waals surface area contributed by atoms with Crippen LogP contribution in [0, 0.1) is 6.92 Å². The molecule has 0 N–H and O–H groups in total. The fourth-order valence-corrected chi connectivity index (χ4v) is 2.82. The number of amides is 1. The largest absolute Gasteiger partial charge is 0.453 e. The molecule has 0 saturated carbocycles. The molecule has 1 heterocycles. The molecule has 1 atom stereocenters. The topological polar surface area (TPSA) is 29.5 Å². The lowest BCUT2D eigenvalue weighted by Gasteiger charge is -2.35. The summed E-state index contributed by atoms with van der Waals surface area (Å²) < 4.78 is 42.9. The lowest BCUT2D eigenvalue weighted by Crippen LogP contribution is -2.38. The van der Waals surface area contributed by atoms with Crippen LogP contribution in [-0.2, 0) is 10.9 Å². The van der Waals surface area contributed by atoms with Crippen LogP contribution in [0.15, 0.2) is 18.2 Å². The monoisotopic (exact) mass is 301 g/mol. The second-order valence-electron chi connectivity index (χ2n) is 5.24. The number of hydrogen-bond donors (Lipinski definition) is 0. The number of hydrogen-bond acceptors (Lipinski definition) is 2. The number of methoxy groups -OCH3 is 1. The summed E-state index contributed by atoms with van der Waals surface area (Å²) in [5, 5.41) is 0. The number of nitrogens with zero attached hydrogens (tertiary/aromatic N) is 1. The van der Waals surface area contributed by atoms with Crippen molar-refractivity contribution >= 4 is 6.09 Å². The standard InChI is InChI=1S/C15H18F3NO2/c1-10-9-11(15(16,17)18)6-7-12(10)13-5-3-4-8-19(13)14(20)21-2/h6-7,9,13H,3-5,8H2,1-2H3. The van der Waals surface area contributed by atoms with Crippen LogP contribution in [0.1, 0.15) is 42.0 Å². The molecule has 0 bridgehead atoms. The molecule has 1 aromatic rings. The molecular weight excluding hydrogens is 283 g/mol. The Morgan fingerprint density at radius 1 is 1.33 bits per heavy atom. The van der Waals surface area contributed by atoms with Crippen LogP contribution in [-0.4, -0.2) is 24.6 Å². The van der Waals surface area contributed by atoms with Gasteiger partial charge >= 0.3 is 12.3 Å². The van der Waals surface area contributed by atoms with Crippen molar-refractivity contribution in [1.29, 1.82) is 0 Å². The first-order valence-corrected chi connectivity index (χ1v) is 6.87. The molecule has 1 aliphatic heterocycles. The number of ether oxygens (including phenoxy) is 1. The zero-order valence-corrected chi connectivity index (χ0v) is 12.0. The first-order chi connectivity index (χ1) is 9.84. The molecule has 3 nitrogen and oxygen atoms in total. The van der Waals surface area contributed by atoms with Crippen LogP contribution in [0.4, 0.5) is 18.0 Å². The highest BCUT2D eigenvalue weighted by molar-refractivity contribution is 5.68. The van der Waals surface area contributed by atoms with E-state index in [0.717, 1.165) is 37.0 Å². The van der Waals surface area contributed by atoms with Crippen molar-refractivity contribution in [2.75, 3.05) is 13.7 Å². The Labute approximate surface area is 121 Å². The van der Waals surface area contributed by atoms with Crippen molar-refractivity contribution in [2.45, 2.75) is 38.4 Å². The van der Waals surface area contributed by atoms with Crippen LogP contribution in [0.5, 0.6) is 0 Å². The molecule has 1 amide bonds. The van der Waals surface area contributed by atoms with Gasteiger partial charge in [0.15, 0.2) is 0 Å². The molecule has 0 radical (unpaired) electrons. The minimum absolute atomic E-state index is 0.214. The fourth-order valence-electron chi connectivity index (χ4n) is 2.82. The number of rotatable bonds is 1. The molecule has 0 aliphatic carbocycles. The number of likely N-dealkylation sites (tertiary alicyclic amines) is 1. The summed E-state index contributed by atoms with van der Waals surface area (Å²) in [4.78, 5) is 13.4. The minimum Gasteiger partial charge on any atom is -0.453 e. The number of aryl methyl sites for hydroxylation is 1. The van der Waals surface area contributed by atoms with Gasteiger partial charge in [-0.3, -0.25) is 0 Å². The smallest absolute Gasteiger partial charge is 0.416 e. The summed E-state index contributed by atoms with van der Waals surface area (Å²) in [6.07, 6.45) is -2.22. The molecule has 1 saturated heterocycles. The van der Waals surface area contributed by atoms with Gasteiger partial charge in [0.25, 0.3) is 0 Å². The van der Waals surface area contributed by atoms with E-state index in [1.165, 1.54) is 13.2 Å². The fraction of sp³-hybridized carbons (Fsp3) is 0.533. The first kappa shape index (κ1) is 15.7. The second-order valence-corrected chi connectivity index (χ2v) is 5.24. The van der Waals surface area contributed by atoms with Gasteiger partial charge in [0.05, 0.1) is 18.7 Å². The molecule has 6 heteroatoms. The highest BCUT2D eigenvalue weighted by atomic mass is 19.4. The predicted molar refractivity (Wildman–Crippen MR) is 71.9 cm³/mol. The number of carbonyl (C=O) groups is 1. The Morgan fingerprint density at radius 2 is 2.05 bits per heavy atom. The maximum atomic E-state index is 12.7. The Hall–Kier alpha value is -1.72. The zero-order valence-electron chi connectivity index (χ0n) is 12.0.